The Labute approximate surface area is 158 Å². The molecular weight excluding hydrogens is 415 g/mol. The van der Waals surface area contributed by atoms with E-state index in [1.807, 2.05) is 6.92 Å². The van der Waals surface area contributed by atoms with Gasteiger partial charge in [-0.2, -0.15) is 0 Å². The van der Waals surface area contributed by atoms with Gasteiger partial charge < -0.3 is 10.4 Å². The van der Waals surface area contributed by atoms with Gasteiger partial charge in [0.05, 0.1) is 20.9 Å². The molecule has 0 heterocycles. The van der Waals surface area contributed by atoms with Crippen LogP contribution < -0.4 is 5.32 Å². The third-order valence-electron chi connectivity index (χ3n) is 3.11. The quantitative estimate of drug-likeness (QED) is 0.576. The van der Waals surface area contributed by atoms with Crippen molar-refractivity contribution in [3.63, 3.8) is 0 Å². The van der Waals surface area contributed by atoms with E-state index >= 15 is 0 Å². The van der Waals surface area contributed by atoms with Crippen LogP contribution in [0.1, 0.15) is 25.3 Å². The molecule has 0 aliphatic heterocycles. The highest BCUT2D eigenvalue weighted by Gasteiger charge is 2.07. The largest absolute Gasteiger partial charge is 0.506 e. The van der Waals surface area contributed by atoms with Gasteiger partial charge in [0, 0.05) is 23.2 Å². The van der Waals surface area contributed by atoms with E-state index in [0.29, 0.717) is 37.9 Å². The second-order valence-electron chi connectivity index (χ2n) is 5.05. The predicted molar refractivity (Wildman–Crippen MR) is 103 cm³/mol. The normalized spacial score (nSPS) is 11.0. The van der Waals surface area contributed by atoms with Crippen molar-refractivity contribution in [2.45, 2.75) is 19.8 Å². The van der Waals surface area contributed by atoms with Crippen LogP contribution in [0.5, 0.6) is 5.75 Å². The zero-order valence-electron chi connectivity index (χ0n) is 12.8. The fraction of sp³-hybridized carbons (Fsp3) is 0.176. The highest BCUT2D eigenvalue weighted by atomic mass is 79.9. The van der Waals surface area contributed by atoms with Crippen molar-refractivity contribution in [3.05, 3.63) is 50.4 Å². The maximum Gasteiger partial charge on any atom is 0.224 e. The van der Waals surface area contributed by atoms with E-state index in [4.69, 9.17) is 23.2 Å². The number of aromatic hydroxyl groups is 1. The van der Waals surface area contributed by atoms with Crippen molar-refractivity contribution >= 4 is 62.6 Å². The summed E-state index contributed by atoms with van der Waals surface area (Å²) >= 11 is 15.4. The Morgan fingerprint density at radius 2 is 2.08 bits per heavy atom. The molecule has 7 heteroatoms. The monoisotopic (exact) mass is 428 g/mol. The molecule has 0 saturated carbocycles. The number of carbonyl (C=O) groups is 1. The van der Waals surface area contributed by atoms with Gasteiger partial charge in [0.25, 0.3) is 0 Å². The minimum absolute atomic E-state index is 0.0534. The Balaban J connectivity index is 2.19. The van der Waals surface area contributed by atoms with Crippen LogP contribution in [0, 0.1) is 0 Å². The molecule has 126 valence electrons. The van der Waals surface area contributed by atoms with Gasteiger partial charge in [0.1, 0.15) is 5.75 Å². The Bertz CT molecular complexity index is 794. The summed E-state index contributed by atoms with van der Waals surface area (Å²) in [6.07, 6.45) is 2.71. The van der Waals surface area contributed by atoms with Gasteiger partial charge in [-0.05, 0) is 52.7 Å². The lowest BCUT2D eigenvalue weighted by Crippen LogP contribution is -2.10. The Kier molecular flexibility index (Phi) is 6.66. The predicted octanol–water partition coefficient (Wildman–Crippen LogP) is 5.95. The third-order valence-corrected chi connectivity index (χ3v) is 4.25. The minimum atomic E-state index is -0.0793. The van der Waals surface area contributed by atoms with Crippen LogP contribution in [0.3, 0.4) is 0 Å². The molecule has 4 nitrogen and oxygen atoms in total. The molecule has 1 amide bonds. The van der Waals surface area contributed by atoms with E-state index in [9.17, 15) is 9.90 Å². The van der Waals surface area contributed by atoms with E-state index in [1.165, 1.54) is 6.21 Å². The Morgan fingerprint density at radius 3 is 2.75 bits per heavy atom. The summed E-state index contributed by atoms with van der Waals surface area (Å²) in [5.74, 6) is -0.0259. The van der Waals surface area contributed by atoms with Crippen LogP contribution >= 0.6 is 39.1 Å². The van der Waals surface area contributed by atoms with Crippen molar-refractivity contribution in [1.82, 2.24) is 0 Å². The summed E-state index contributed by atoms with van der Waals surface area (Å²) in [6, 6.07) is 8.25. The lowest BCUT2D eigenvalue weighted by Gasteiger charge is -2.07. The minimum Gasteiger partial charge on any atom is -0.506 e. The molecule has 2 rings (SSSR count). The maximum atomic E-state index is 11.6. The number of hydrogen-bond acceptors (Lipinski definition) is 3. The van der Waals surface area contributed by atoms with Crippen molar-refractivity contribution in [3.8, 4) is 5.75 Å². The smallest absolute Gasteiger partial charge is 0.224 e. The van der Waals surface area contributed by atoms with Crippen LogP contribution in [0.4, 0.5) is 11.4 Å². The molecule has 0 aliphatic carbocycles. The highest BCUT2D eigenvalue weighted by molar-refractivity contribution is 9.10. The molecule has 0 fully saturated rings. The van der Waals surface area contributed by atoms with Crippen molar-refractivity contribution < 1.29 is 9.90 Å². The molecule has 0 radical (unpaired) electrons. The second kappa shape index (κ2) is 8.51. The Hall–Kier alpha value is -1.56. The van der Waals surface area contributed by atoms with Crippen LogP contribution in [-0.2, 0) is 4.79 Å². The molecule has 2 N–H and O–H groups in total. The summed E-state index contributed by atoms with van der Waals surface area (Å²) < 4.78 is 0.489. The first kappa shape index (κ1) is 18.8. The lowest BCUT2D eigenvalue weighted by molar-refractivity contribution is -0.116. The zero-order chi connectivity index (χ0) is 17.7. The number of anilines is 1. The molecule has 0 atom stereocenters. The average Bonchev–Trinajstić information content (AvgIpc) is 2.52. The summed E-state index contributed by atoms with van der Waals surface area (Å²) in [5.41, 5.74) is 1.61. The number of hydrogen-bond donors (Lipinski definition) is 2. The van der Waals surface area contributed by atoms with Gasteiger partial charge >= 0.3 is 0 Å². The molecule has 24 heavy (non-hydrogen) atoms. The number of nitrogens with one attached hydrogen (secondary N) is 1. The molecule has 0 aliphatic rings. The molecule has 0 saturated heterocycles. The number of carbonyl (C=O) groups excluding carboxylic acids is 1. The van der Waals surface area contributed by atoms with E-state index < -0.39 is 0 Å². The second-order valence-corrected chi connectivity index (χ2v) is 6.74. The first-order chi connectivity index (χ1) is 11.4. The highest BCUT2D eigenvalue weighted by Crippen LogP contribution is 2.31. The van der Waals surface area contributed by atoms with Gasteiger partial charge in [-0.3, -0.25) is 9.79 Å². The average molecular weight is 430 g/mol. The number of amides is 1. The molecule has 0 spiro atoms. The van der Waals surface area contributed by atoms with Gasteiger partial charge in [-0.25, -0.2) is 0 Å². The number of rotatable bonds is 5. The van der Waals surface area contributed by atoms with Gasteiger partial charge in [0.2, 0.25) is 5.91 Å². The lowest BCUT2D eigenvalue weighted by atomic mass is 10.2. The van der Waals surface area contributed by atoms with E-state index in [2.05, 4.69) is 26.2 Å². The van der Waals surface area contributed by atoms with Crippen LogP contribution in [0.15, 0.2) is 39.8 Å². The number of aliphatic imine (C=N–C) groups is 1. The van der Waals surface area contributed by atoms with Crippen LogP contribution in [-0.4, -0.2) is 17.2 Å². The summed E-state index contributed by atoms with van der Waals surface area (Å²) in [5, 5.41) is 13.6. The van der Waals surface area contributed by atoms with Crippen molar-refractivity contribution in [2.24, 2.45) is 4.99 Å². The number of benzene rings is 2. The Morgan fingerprint density at radius 1 is 1.33 bits per heavy atom. The zero-order valence-corrected chi connectivity index (χ0v) is 15.9. The van der Waals surface area contributed by atoms with Crippen LogP contribution in [0.25, 0.3) is 0 Å². The van der Waals surface area contributed by atoms with Crippen LogP contribution in [0.2, 0.25) is 10.0 Å². The third kappa shape index (κ3) is 4.97. The first-order valence-electron chi connectivity index (χ1n) is 7.22. The van der Waals surface area contributed by atoms with E-state index in [1.54, 1.807) is 30.3 Å². The van der Waals surface area contributed by atoms with E-state index in [-0.39, 0.29) is 11.7 Å². The topological polar surface area (TPSA) is 61.7 Å². The molecule has 0 bridgehead atoms. The molecular formula is C17H15BrCl2N2O2. The first-order valence-corrected chi connectivity index (χ1v) is 8.77. The summed E-state index contributed by atoms with van der Waals surface area (Å²) in [7, 11) is 0. The van der Waals surface area contributed by atoms with Gasteiger partial charge in [0.15, 0.2) is 0 Å². The number of phenols is 1. The molecule has 2 aromatic rings. The molecule has 0 aromatic heterocycles. The molecule has 0 unspecified atom stereocenters. The summed E-state index contributed by atoms with van der Waals surface area (Å²) in [4.78, 5) is 15.9. The van der Waals surface area contributed by atoms with Crippen molar-refractivity contribution in [2.75, 3.05) is 5.32 Å². The maximum absolute atomic E-state index is 11.6. The fourth-order valence-corrected chi connectivity index (χ4v) is 3.01. The number of nitrogens with zero attached hydrogens (tertiary/aromatic N) is 1. The fourth-order valence-electron chi connectivity index (χ4n) is 1.95. The van der Waals surface area contributed by atoms with E-state index in [0.717, 1.165) is 6.42 Å². The SMILES string of the molecule is CCCC(=O)Nc1ccc(N=Cc2cc(Cl)cc(Br)c2O)cc1Cl. The standard InChI is InChI=1S/C17H15BrCl2N2O2/c1-2-3-16(23)22-15-5-4-12(8-14(15)20)21-9-10-6-11(19)7-13(18)17(10)24/h4-9,24H,2-3H2,1H3,(H,22,23). The van der Waals surface area contributed by atoms with Gasteiger partial charge in [-0.1, -0.05) is 30.1 Å². The number of halogens is 3. The van der Waals surface area contributed by atoms with Crippen molar-refractivity contribution in [1.29, 1.82) is 0 Å². The number of phenolic OH excluding ortho intramolecular Hbond substituents is 1. The van der Waals surface area contributed by atoms with Gasteiger partial charge in [-0.15, -0.1) is 0 Å². The molecule has 2 aromatic carbocycles. The summed E-state index contributed by atoms with van der Waals surface area (Å²) in [6.45, 7) is 1.93.